The van der Waals surface area contributed by atoms with Crippen LogP contribution in [0.1, 0.15) is 5.56 Å². The number of anilines is 1. The fraction of sp³-hybridized carbons (Fsp3) is 0.154. The van der Waals surface area contributed by atoms with Crippen molar-refractivity contribution < 1.29 is 9.13 Å². The van der Waals surface area contributed by atoms with Crippen molar-refractivity contribution in [3.63, 3.8) is 0 Å². The van der Waals surface area contributed by atoms with E-state index < -0.39 is 5.82 Å². The maximum absolute atomic E-state index is 14.2. The van der Waals surface area contributed by atoms with Gasteiger partial charge < -0.3 is 4.74 Å². The normalized spacial score (nSPS) is 10.5. The van der Waals surface area contributed by atoms with Crippen LogP contribution in [0, 0.1) is 17.1 Å². The van der Waals surface area contributed by atoms with Crippen LogP contribution in [-0.2, 0) is 4.74 Å². The zero-order chi connectivity index (χ0) is 16.1. The summed E-state index contributed by atoms with van der Waals surface area (Å²) in [6, 6.07) is 6.31. The fourth-order valence-corrected chi connectivity index (χ4v) is 4.31. The zero-order valence-corrected chi connectivity index (χ0v) is 16.7. The van der Waals surface area contributed by atoms with Gasteiger partial charge in [-0.1, -0.05) is 0 Å². The van der Waals surface area contributed by atoms with Gasteiger partial charge in [0.15, 0.2) is 0 Å². The van der Waals surface area contributed by atoms with E-state index in [0.717, 1.165) is 9.37 Å². The van der Waals surface area contributed by atoms with Crippen LogP contribution >= 0.6 is 58.2 Å². The Kier molecular flexibility index (Phi) is 6.88. The van der Waals surface area contributed by atoms with Gasteiger partial charge in [-0.3, -0.25) is 8.28 Å². The van der Waals surface area contributed by atoms with Crippen molar-refractivity contribution in [2.45, 2.75) is 4.90 Å². The van der Waals surface area contributed by atoms with Crippen molar-refractivity contribution in [2.24, 2.45) is 0 Å². The Bertz CT molecular complexity index is 707. The van der Waals surface area contributed by atoms with E-state index in [0.29, 0.717) is 5.69 Å². The minimum atomic E-state index is -0.456. The van der Waals surface area contributed by atoms with Crippen molar-refractivity contribution in [1.82, 2.24) is 3.97 Å². The number of aromatic nitrogens is 1. The van der Waals surface area contributed by atoms with E-state index in [2.05, 4.69) is 37.1 Å². The molecule has 9 heteroatoms. The molecule has 2 rings (SSSR count). The van der Waals surface area contributed by atoms with Gasteiger partial charge in [-0.2, -0.15) is 5.26 Å². The molecule has 0 unspecified atom stereocenters. The van der Waals surface area contributed by atoms with Crippen molar-refractivity contribution in [1.29, 1.82) is 5.26 Å². The molecule has 0 aliphatic heterocycles. The molecular weight excluding hydrogens is 504 g/mol. The summed E-state index contributed by atoms with van der Waals surface area (Å²) in [6.45, 7) is 0.211. The minimum Gasteiger partial charge on any atom is -0.363 e. The minimum absolute atomic E-state index is 0.211. The summed E-state index contributed by atoms with van der Waals surface area (Å²) >= 11 is 7.03. The van der Waals surface area contributed by atoms with Gasteiger partial charge in [-0.15, -0.1) is 0 Å². The van der Waals surface area contributed by atoms with Gasteiger partial charge in [0.1, 0.15) is 12.5 Å². The van der Waals surface area contributed by atoms with Gasteiger partial charge in [-0.25, -0.2) is 4.39 Å². The lowest BCUT2D eigenvalue weighted by Gasteiger charge is -2.22. The third-order valence-corrected chi connectivity index (χ3v) is 6.27. The van der Waals surface area contributed by atoms with E-state index in [-0.39, 0.29) is 12.3 Å². The predicted molar refractivity (Wildman–Crippen MR) is 100 cm³/mol. The number of nitriles is 1. The lowest BCUT2D eigenvalue weighted by molar-refractivity contribution is 0.211. The molecule has 0 saturated heterocycles. The third-order valence-electron chi connectivity index (χ3n) is 2.60. The molecular formula is C13H10BrFIN3OS2. The average molecular weight is 514 g/mol. The van der Waals surface area contributed by atoms with E-state index >= 15 is 0 Å². The molecule has 0 atom stereocenters. The molecule has 0 radical (unpaired) electrons. The summed E-state index contributed by atoms with van der Waals surface area (Å²) < 4.78 is 23.9. The van der Waals surface area contributed by atoms with Crippen LogP contribution in [0.15, 0.2) is 40.0 Å². The summed E-state index contributed by atoms with van der Waals surface area (Å²) in [7, 11) is 3.08. The summed E-state index contributed by atoms with van der Waals surface area (Å²) in [6.07, 6.45) is 3.87. The van der Waals surface area contributed by atoms with E-state index in [1.165, 1.54) is 27.1 Å². The van der Waals surface area contributed by atoms with Crippen molar-refractivity contribution >= 4 is 63.9 Å². The van der Waals surface area contributed by atoms with E-state index in [9.17, 15) is 4.39 Å². The van der Waals surface area contributed by atoms with Crippen LogP contribution in [0.4, 0.5) is 10.1 Å². The summed E-state index contributed by atoms with van der Waals surface area (Å²) in [5.74, 6) is -0.456. The molecule has 1 aromatic carbocycles. The Hall–Kier alpha value is -0.410. The second-order valence-electron chi connectivity index (χ2n) is 4.06. The standard InChI is InChI=1S/C13H10BrFIN3OS2/c1-20-8-19(12-3-2-9(5-17)4-11(12)15)21-13-7-18(22-16)6-10(13)14/h2-4,6-7H,8H2,1H3. The van der Waals surface area contributed by atoms with Crippen LogP contribution in [0.3, 0.4) is 0 Å². The first-order valence-electron chi connectivity index (χ1n) is 5.89. The first-order chi connectivity index (χ1) is 10.6. The highest BCUT2D eigenvalue weighted by Crippen LogP contribution is 2.37. The van der Waals surface area contributed by atoms with Crippen LogP contribution in [0.5, 0.6) is 0 Å². The first-order valence-corrected chi connectivity index (χ1v) is 10.8. The molecule has 0 fully saturated rings. The van der Waals surface area contributed by atoms with Crippen molar-refractivity contribution in [3.8, 4) is 6.07 Å². The fourth-order valence-electron chi connectivity index (χ4n) is 1.66. The number of halogens is 3. The first kappa shape index (κ1) is 17.9. The summed E-state index contributed by atoms with van der Waals surface area (Å²) in [5.41, 5.74) is 0.657. The highest BCUT2D eigenvalue weighted by Gasteiger charge is 2.16. The summed E-state index contributed by atoms with van der Waals surface area (Å²) in [5, 5.41) is 8.82. The monoisotopic (exact) mass is 513 g/mol. The number of hydrogen-bond donors (Lipinski definition) is 0. The molecule has 0 N–H and O–H groups in total. The number of benzene rings is 1. The SMILES string of the molecule is COCN(Sc1cn(SI)cc1Br)c1ccc(C#N)cc1F. The number of nitrogens with zero attached hydrogens (tertiary/aromatic N) is 3. The lowest BCUT2D eigenvalue weighted by Crippen LogP contribution is -2.18. The molecule has 0 aliphatic carbocycles. The maximum Gasteiger partial charge on any atom is 0.148 e. The van der Waals surface area contributed by atoms with Gasteiger partial charge >= 0.3 is 0 Å². The molecule has 4 nitrogen and oxygen atoms in total. The highest BCUT2D eigenvalue weighted by molar-refractivity contribution is 14.2. The van der Waals surface area contributed by atoms with Crippen molar-refractivity contribution in [2.75, 3.05) is 18.1 Å². The van der Waals surface area contributed by atoms with Gasteiger partial charge in [0.2, 0.25) is 0 Å². The topological polar surface area (TPSA) is 41.2 Å². The van der Waals surface area contributed by atoms with Crippen LogP contribution in [0.25, 0.3) is 0 Å². The van der Waals surface area contributed by atoms with Gasteiger partial charge in [0.05, 0.1) is 26.7 Å². The van der Waals surface area contributed by atoms with Gasteiger partial charge in [0, 0.05) is 49.8 Å². The number of ether oxygens (including phenoxy) is 1. The summed E-state index contributed by atoms with van der Waals surface area (Å²) in [4.78, 5) is 0.935. The molecule has 22 heavy (non-hydrogen) atoms. The molecule has 116 valence electrons. The molecule has 0 spiro atoms. The second kappa shape index (κ2) is 8.44. The number of hydrogen-bond acceptors (Lipinski definition) is 5. The molecule has 1 heterocycles. The van der Waals surface area contributed by atoms with E-state index in [4.69, 9.17) is 10.00 Å². The smallest absolute Gasteiger partial charge is 0.148 e. The largest absolute Gasteiger partial charge is 0.363 e. The Morgan fingerprint density at radius 3 is 2.82 bits per heavy atom. The van der Waals surface area contributed by atoms with Crippen LogP contribution < -0.4 is 4.31 Å². The molecule has 2 aromatic rings. The number of rotatable bonds is 6. The molecule has 1 aromatic heterocycles. The molecule has 0 bridgehead atoms. The third kappa shape index (κ3) is 4.32. The Balaban J connectivity index is 2.30. The highest BCUT2D eigenvalue weighted by atomic mass is 127. The molecule has 0 saturated carbocycles. The predicted octanol–water partition coefficient (Wildman–Crippen LogP) is 5.23. The van der Waals surface area contributed by atoms with Crippen LogP contribution in [-0.4, -0.2) is 17.8 Å². The Labute approximate surface area is 157 Å². The molecule has 0 aliphatic rings. The van der Waals surface area contributed by atoms with Crippen molar-refractivity contribution in [3.05, 3.63) is 46.4 Å². The lowest BCUT2D eigenvalue weighted by atomic mass is 10.2. The molecule has 0 amide bonds. The van der Waals surface area contributed by atoms with Gasteiger partial charge in [0.25, 0.3) is 0 Å². The zero-order valence-electron chi connectivity index (χ0n) is 11.3. The Morgan fingerprint density at radius 2 is 2.27 bits per heavy atom. The average Bonchev–Trinajstić information content (AvgIpc) is 2.87. The van der Waals surface area contributed by atoms with E-state index in [1.54, 1.807) is 23.5 Å². The Morgan fingerprint density at radius 1 is 1.50 bits per heavy atom. The second-order valence-corrected chi connectivity index (χ2v) is 7.72. The maximum atomic E-state index is 14.2. The van der Waals surface area contributed by atoms with Crippen LogP contribution in [0.2, 0.25) is 0 Å². The van der Waals surface area contributed by atoms with E-state index in [1.807, 2.05) is 22.4 Å². The quantitative estimate of drug-likeness (QED) is 0.301. The van der Waals surface area contributed by atoms with Gasteiger partial charge in [-0.05, 0) is 46.1 Å². The number of methoxy groups -OCH3 is 1.